The molecule has 2 heterocycles. The van der Waals surface area contributed by atoms with Crippen molar-refractivity contribution in [3.63, 3.8) is 0 Å². The Balaban J connectivity index is 1.68. The lowest BCUT2D eigenvalue weighted by atomic mass is 10.1. The number of methoxy groups -OCH3 is 1. The summed E-state index contributed by atoms with van der Waals surface area (Å²) in [7, 11) is 1.25. The van der Waals surface area contributed by atoms with Crippen LogP contribution in [0.2, 0.25) is 0 Å². The predicted molar refractivity (Wildman–Crippen MR) is 95.3 cm³/mol. The predicted octanol–water partition coefficient (Wildman–Crippen LogP) is 3.63. The second kappa shape index (κ2) is 8.22. The maximum atomic E-state index is 13.4. The van der Waals surface area contributed by atoms with E-state index >= 15 is 0 Å². The number of nitrogens with zero attached hydrogens (tertiary/aromatic N) is 3. The van der Waals surface area contributed by atoms with Gasteiger partial charge in [-0.3, -0.25) is 0 Å². The van der Waals surface area contributed by atoms with Crippen molar-refractivity contribution in [2.45, 2.75) is 19.5 Å². The molecule has 1 atom stereocenters. The largest absolute Gasteiger partial charge is 0.492 e. The molecule has 6 nitrogen and oxygen atoms in total. The molecule has 1 aliphatic rings. The Bertz CT molecular complexity index is 905. The van der Waals surface area contributed by atoms with Gasteiger partial charge in [-0.2, -0.15) is 13.2 Å². The fraction of sp³-hybridized carbons (Fsp3) is 0.421. The molecule has 0 bridgehead atoms. The minimum atomic E-state index is -4.63. The number of aromatic nitrogens is 2. The maximum absolute atomic E-state index is 13.4. The summed E-state index contributed by atoms with van der Waals surface area (Å²) < 4.78 is 62.6. The molecular formula is C19H19F4N3O3. The monoisotopic (exact) mass is 413 g/mol. The van der Waals surface area contributed by atoms with Gasteiger partial charge in [0.05, 0.1) is 19.3 Å². The average molecular weight is 413 g/mol. The van der Waals surface area contributed by atoms with Crippen molar-refractivity contribution in [1.82, 2.24) is 9.97 Å². The van der Waals surface area contributed by atoms with Crippen LogP contribution >= 0.6 is 0 Å². The van der Waals surface area contributed by atoms with E-state index in [0.717, 1.165) is 12.1 Å². The van der Waals surface area contributed by atoms with Gasteiger partial charge in [0.2, 0.25) is 5.95 Å². The Morgan fingerprint density at radius 2 is 2.03 bits per heavy atom. The lowest BCUT2D eigenvalue weighted by Gasteiger charge is -2.18. The normalized spacial score (nSPS) is 16.8. The van der Waals surface area contributed by atoms with Crippen LogP contribution in [0.15, 0.2) is 24.3 Å². The maximum Gasteiger partial charge on any atom is 0.419 e. The number of carbonyl (C=O) groups excluding carboxylic acids is 1. The molecule has 10 heteroatoms. The number of carbonyl (C=O) groups is 1. The van der Waals surface area contributed by atoms with Crippen LogP contribution in [0.1, 0.15) is 28.2 Å². The molecule has 2 aromatic rings. The third-order valence-corrected chi connectivity index (χ3v) is 4.53. The smallest absolute Gasteiger partial charge is 0.419 e. The van der Waals surface area contributed by atoms with E-state index in [4.69, 9.17) is 4.74 Å². The number of alkyl halides is 3. The third-order valence-electron chi connectivity index (χ3n) is 4.53. The molecular weight excluding hydrogens is 394 g/mol. The summed E-state index contributed by atoms with van der Waals surface area (Å²) >= 11 is 0. The van der Waals surface area contributed by atoms with E-state index in [1.807, 2.05) is 4.90 Å². The second-order valence-corrected chi connectivity index (χ2v) is 6.74. The Kier molecular flexibility index (Phi) is 5.90. The zero-order chi connectivity index (χ0) is 21.2. The topological polar surface area (TPSA) is 64.5 Å². The molecule has 1 fully saturated rings. The summed E-state index contributed by atoms with van der Waals surface area (Å²) in [4.78, 5) is 22.1. The van der Waals surface area contributed by atoms with Gasteiger partial charge in [0.25, 0.3) is 0 Å². The number of esters is 1. The Labute approximate surface area is 164 Å². The van der Waals surface area contributed by atoms with Gasteiger partial charge in [-0.05, 0) is 31.5 Å². The summed E-state index contributed by atoms with van der Waals surface area (Å²) in [6, 6.07) is 3.66. The number of benzene rings is 1. The van der Waals surface area contributed by atoms with Crippen molar-refractivity contribution in [1.29, 1.82) is 0 Å². The Hall–Kier alpha value is -2.91. The summed E-state index contributed by atoms with van der Waals surface area (Å²) in [6.07, 6.45) is -4.01. The van der Waals surface area contributed by atoms with Crippen molar-refractivity contribution in [3.05, 3.63) is 47.0 Å². The van der Waals surface area contributed by atoms with Gasteiger partial charge < -0.3 is 14.4 Å². The number of anilines is 1. The Morgan fingerprint density at radius 1 is 1.28 bits per heavy atom. The minimum absolute atomic E-state index is 0.0152. The van der Waals surface area contributed by atoms with Crippen LogP contribution in [0.25, 0.3) is 0 Å². The molecule has 0 radical (unpaired) electrons. The zero-order valence-electron chi connectivity index (χ0n) is 15.8. The van der Waals surface area contributed by atoms with Crippen molar-refractivity contribution in [3.8, 4) is 5.75 Å². The van der Waals surface area contributed by atoms with Crippen LogP contribution < -0.4 is 9.64 Å². The number of halogens is 4. The average Bonchev–Trinajstić information content (AvgIpc) is 3.13. The fourth-order valence-electron chi connectivity index (χ4n) is 3.11. The van der Waals surface area contributed by atoms with Gasteiger partial charge in [0, 0.05) is 30.8 Å². The summed E-state index contributed by atoms with van der Waals surface area (Å²) in [6.45, 7) is 2.68. The number of rotatable bonds is 5. The molecule has 29 heavy (non-hydrogen) atoms. The van der Waals surface area contributed by atoms with Crippen molar-refractivity contribution in [2.75, 3.05) is 31.7 Å². The molecule has 3 rings (SSSR count). The van der Waals surface area contributed by atoms with E-state index in [2.05, 4.69) is 14.7 Å². The van der Waals surface area contributed by atoms with E-state index in [9.17, 15) is 22.4 Å². The van der Waals surface area contributed by atoms with Crippen LogP contribution in [0, 0.1) is 18.7 Å². The van der Waals surface area contributed by atoms with Crippen LogP contribution in [-0.4, -0.2) is 42.7 Å². The first kappa shape index (κ1) is 20.8. The quantitative estimate of drug-likeness (QED) is 0.551. The molecule has 1 aliphatic heterocycles. The molecule has 1 aromatic carbocycles. The molecule has 0 N–H and O–H groups in total. The highest BCUT2D eigenvalue weighted by molar-refractivity contribution is 5.87. The van der Waals surface area contributed by atoms with E-state index < -0.39 is 29.3 Å². The molecule has 156 valence electrons. The van der Waals surface area contributed by atoms with Crippen LogP contribution in [-0.2, 0) is 10.9 Å². The fourth-order valence-corrected chi connectivity index (χ4v) is 3.11. The summed E-state index contributed by atoms with van der Waals surface area (Å²) in [5.74, 6) is -1.68. The van der Waals surface area contributed by atoms with Crippen molar-refractivity contribution in [2.24, 2.45) is 5.92 Å². The number of hydrogen-bond acceptors (Lipinski definition) is 6. The van der Waals surface area contributed by atoms with E-state index in [1.54, 1.807) is 6.92 Å². The lowest BCUT2D eigenvalue weighted by Crippen LogP contribution is -2.25. The first-order valence-electron chi connectivity index (χ1n) is 8.86. The summed E-state index contributed by atoms with van der Waals surface area (Å²) in [5, 5.41) is 0. The molecule has 0 amide bonds. The van der Waals surface area contributed by atoms with Crippen LogP contribution in [0.5, 0.6) is 5.75 Å². The minimum Gasteiger partial charge on any atom is -0.492 e. The molecule has 0 aliphatic carbocycles. The molecule has 1 unspecified atom stereocenters. The van der Waals surface area contributed by atoms with Gasteiger partial charge in [-0.1, -0.05) is 0 Å². The van der Waals surface area contributed by atoms with Gasteiger partial charge in [-0.25, -0.2) is 19.2 Å². The first-order chi connectivity index (χ1) is 13.7. The van der Waals surface area contributed by atoms with Gasteiger partial charge in [0.15, 0.2) is 5.69 Å². The van der Waals surface area contributed by atoms with E-state index in [1.165, 1.54) is 13.2 Å². The Morgan fingerprint density at radius 3 is 2.72 bits per heavy atom. The van der Waals surface area contributed by atoms with Crippen molar-refractivity contribution >= 4 is 11.9 Å². The van der Waals surface area contributed by atoms with Crippen LogP contribution in [0.4, 0.5) is 23.5 Å². The SMILES string of the molecule is COC(=O)c1cc(C)nc(N2CCC(COc3cc(F)ccc3C(F)(F)F)C2)n1. The highest BCUT2D eigenvalue weighted by Crippen LogP contribution is 2.37. The molecule has 1 saturated heterocycles. The molecule has 0 saturated carbocycles. The second-order valence-electron chi connectivity index (χ2n) is 6.74. The van der Waals surface area contributed by atoms with Crippen molar-refractivity contribution < 1.29 is 31.8 Å². The highest BCUT2D eigenvalue weighted by Gasteiger charge is 2.35. The van der Waals surface area contributed by atoms with E-state index in [0.29, 0.717) is 37.2 Å². The van der Waals surface area contributed by atoms with Gasteiger partial charge in [-0.15, -0.1) is 0 Å². The molecule has 0 spiro atoms. The van der Waals surface area contributed by atoms with Gasteiger partial charge in [0.1, 0.15) is 11.6 Å². The van der Waals surface area contributed by atoms with E-state index in [-0.39, 0.29) is 18.2 Å². The third kappa shape index (κ3) is 4.93. The summed E-state index contributed by atoms with van der Waals surface area (Å²) in [5.41, 5.74) is -0.299. The highest BCUT2D eigenvalue weighted by atomic mass is 19.4. The number of aryl methyl sites for hydroxylation is 1. The number of hydrogen-bond donors (Lipinski definition) is 0. The van der Waals surface area contributed by atoms with Crippen LogP contribution in [0.3, 0.4) is 0 Å². The molecule has 1 aromatic heterocycles. The standard InChI is InChI=1S/C19H19F4N3O3/c1-11-7-15(17(27)28-2)25-18(24-11)26-6-5-12(9-26)10-29-16-8-13(20)3-4-14(16)19(21,22)23/h3-4,7-8,12H,5-6,9-10H2,1-2H3. The lowest BCUT2D eigenvalue weighted by molar-refractivity contribution is -0.139. The number of ether oxygens (including phenoxy) is 2. The zero-order valence-corrected chi connectivity index (χ0v) is 15.8. The first-order valence-corrected chi connectivity index (χ1v) is 8.86. The van der Waals surface area contributed by atoms with Gasteiger partial charge >= 0.3 is 12.1 Å².